The minimum Gasteiger partial charge on any atom is -0.378 e. The summed E-state index contributed by atoms with van der Waals surface area (Å²) < 4.78 is 5.72. The Kier molecular flexibility index (Phi) is 5.80. The predicted octanol–water partition coefficient (Wildman–Crippen LogP) is 2.37. The monoisotopic (exact) mass is 277 g/mol. The van der Waals surface area contributed by atoms with Crippen molar-refractivity contribution in [3.63, 3.8) is 0 Å². The van der Waals surface area contributed by atoms with E-state index in [1.807, 2.05) is 7.05 Å². The minimum atomic E-state index is 0.433. The fraction of sp³-hybridized carbons (Fsp3) is 0.688. The van der Waals surface area contributed by atoms with Gasteiger partial charge >= 0.3 is 0 Å². The van der Waals surface area contributed by atoms with Crippen LogP contribution in [0.2, 0.25) is 0 Å². The number of nitrogens with one attached hydrogen (secondary N) is 1. The molecule has 0 atom stereocenters. The number of hydrogen-bond donors (Lipinski definition) is 1. The average Bonchev–Trinajstić information content (AvgIpc) is 2.48. The molecule has 0 aromatic carbocycles. The van der Waals surface area contributed by atoms with Gasteiger partial charge in [-0.2, -0.15) is 0 Å². The van der Waals surface area contributed by atoms with Crippen LogP contribution in [-0.4, -0.2) is 37.8 Å². The van der Waals surface area contributed by atoms with E-state index in [1.165, 1.54) is 11.3 Å². The molecule has 0 amide bonds. The lowest BCUT2D eigenvalue weighted by molar-refractivity contribution is 0.0458. The van der Waals surface area contributed by atoms with Crippen molar-refractivity contribution < 1.29 is 4.74 Å². The summed E-state index contributed by atoms with van der Waals surface area (Å²) in [5, 5.41) is 3.22. The van der Waals surface area contributed by atoms with Crippen LogP contribution in [0.3, 0.4) is 0 Å². The van der Waals surface area contributed by atoms with Gasteiger partial charge in [-0.3, -0.25) is 0 Å². The molecule has 2 heterocycles. The normalized spacial score (nSPS) is 16.6. The number of ether oxygens (including phenoxy) is 1. The molecule has 1 saturated heterocycles. The molecule has 1 aromatic rings. The number of anilines is 1. The zero-order valence-electron chi connectivity index (χ0n) is 13.0. The zero-order valence-corrected chi connectivity index (χ0v) is 13.0. The fourth-order valence-corrected chi connectivity index (χ4v) is 2.77. The van der Waals surface area contributed by atoms with Crippen molar-refractivity contribution >= 4 is 5.82 Å². The molecule has 4 nitrogen and oxygen atoms in total. The molecule has 1 N–H and O–H groups in total. The first kappa shape index (κ1) is 15.3. The van der Waals surface area contributed by atoms with Gasteiger partial charge in [-0.05, 0) is 50.9 Å². The van der Waals surface area contributed by atoms with Crippen LogP contribution in [0, 0.1) is 0 Å². The molecule has 0 radical (unpaired) electrons. The number of nitrogens with zero attached hydrogens (tertiary/aromatic N) is 2. The summed E-state index contributed by atoms with van der Waals surface area (Å²) in [5.41, 5.74) is 2.50. The SMILES string of the molecule is CCOC1CCN(c2cc(CNC)cc(CC)n2)CC1. The van der Waals surface area contributed by atoms with Crippen molar-refractivity contribution in [2.45, 2.75) is 45.8 Å². The summed E-state index contributed by atoms with van der Waals surface area (Å²) in [6.45, 7) is 8.05. The van der Waals surface area contributed by atoms with Crippen molar-refractivity contribution in [1.29, 1.82) is 0 Å². The first-order chi connectivity index (χ1) is 9.76. The van der Waals surface area contributed by atoms with Crippen molar-refractivity contribution in [3.05, 3.63) is 23.4 Å². The van der Waals surface area contributed by atoms with Gasteiger partial charge in [-0.1, -0.05) is 6.92 Å². The summed E-state index contributed by atoms with van der Waals surface area (Å²) in [4.78, 5) is 7.18. The van der Waals surface area contributed by atoms with E-state index in [2.05, 4.69) is 36.2 Å². The second-order valence-corrected chi connectivity index (χ2v) is 5.35. The van der Waals surface area contributed by atoms with Gasteiger partial charge in [-0.25, -0.2) is 4.98 Å². The van der Waals surface area contributed by atoms with Crippen LogP contribution in [0.15, 0.2) is 12.1 Å². The van der Waals surface area contributed by atoms with E-state index < -0.39 is 0 Å². The van der Waals surface area contributed by atoms with E-state index in [9.17, 15) is 0 Å². The molecule has 112 valence electrons. The van der Waals surface area contributed by atoms with Gasteiger partial charge in [0.2, 0.25) is 0 Å². The second kappa shape index (κ2) is 7.60. The van der Waals surface area contributed by atoms with Gasteiger partial charge in [0.25, 0.3) is 0 Å². The number of rotatable bonds is 6. The Bertz CT molecular complexity index is 414. The lowest BCUT2D eigenvalue weighted by Crippen LogP contribution is -2.37. The standard InChI is InChI=1S/C16H27N3O/c1-4-14-10-13(12-17-3)11-16(18-14)19-8-6-15(7-9-19)20-5-2/h10-11,15,17H,4-9,12H2,1-3H3. The van der Waals surface area contributed by atoms with Gasteiger partial charge in [-0.15, -0.1) is 0 Å². The number of hydrogen-bond acceptors (Lipinski definition) is 4. The number of aryl methyl sites for hydroxylation is 1. The van der Waals surface area contributed by atoms with Crippen LogP contribution in [0.1, 0.15) is 37.9 Å². The smallest absolute Gasteiger partial charge is 0.129 e. The van der Waals surface area contributed by atoms with E-state index in [-0.39, 0.29) is 0 Å². The molecule has 1 aliphatic rings. The van der Waals surface area contributed by atoms with Gasteiger partial charge in [0, 0.05) is 31.9 Å². The lowest BCUT2D eigenvalue weighted by Gasteiger charge is -2.33. The molecule has 0 unspecified atom stereocenters. The van der Waals surface area contributed by atoms with Gasteiger partial charge in [0.05, 0.1) is 6.10 Å². The summed E-state index contributed by atoms with van der Waals surface area (Å²) in [6, 6.07) is 4.42. The van der Waals surface area contributed by atoms with E-state index in [1.54, 1.807) is 0 Å². The molecule has 1 fully saturated rings. The molecule has 2 rings (SSSR count). The van der Waals surface area contributed by atoms with Gasteiger partial charge in [0.1, 0.15) is 5.82 Å². The number of pyridine rings is 1. The quantitative estimate of drug-likeness (QED) is 0.866. The highest BCUT2D eigenvalue weighted by Crippen LogP contribution is 2.21. The Labute approximate surface area is 122 Å². The maximum absolute atomic E-state index is 5.72. The molecular formula is C16H27N3O. The molecule has 0 saturated carbocycles. The van der Waals surface area contributed by atoms with Crippen LogP contribution >= 0.6 is 0 Å². The third-order valence-corrected chi connectivity index (χ3v) is 3.84. The average molecular weight is 277 g/mol. The minimum absolute atomic E-state index is 0.433. The highest BCUT2D eigenvalue weighted by Gasteiger charge is 2.20. The van der Waals surface area contributed by atoms with Crippen molar-refractivity contribution in [2.24, 2.45) is 0 Å². The summed E-state index contributed by atoms with van der Waals surface area (Å²) in [5.74, 6) is 1.13. The highest BCUT2D eigenvalue weighted by molar-refractivity contribution is 5.43. The fourth-order valence-electron chi connectivity index (χ4n) is 2.77. The van der Waals surface area contributed by atoms with Crippen LogP contribution in [0.4, 0.5) is 5.82 Å². The van der Waals surface area contributed by atoms with E-state index >= 15 is 0 Å². The van der Waals surface area contributed by atoms with E-state index in [4.69, 9.17) is 9.72 Å². The predicted molar refractivity (Wildman–Crippen MR) is 83.2 cm³/mol. The summed E-state index contributed by atoms with van der Waals surface area (Å²) >= 11 is 0. The van der Waals surface area contributed by atoms with Crippen LogP contribution in [-0.2, 0) is 17.7 Å². The third-order valence-electron chi connectivity index (χ3n) is 3.84. The molecular weight excluding hydrogens is 250 g/mol. The van der Waals surface area contributed by atoms with Crippen LogP contribution in [0.25, 0.3) is 0 Å². The Morgan fingerprint density at radius 2 is 2.05 bits per heavy atom. The maximum Gasteiger partial charge on any atom is 0.129 e. The molecule has 1 aromatic heterocycles. The van der Waals surface area contributed by atoms with E-state index in [0.29, 0.717) is 6.10 Å². The van der Waals surface area contributed by atoms with Crippen LogP contribution in [0.5, 0.6) is 0 Å². The first-order valence-corrected chi connectivity index (χ1v) is 7.77. The van der Waals surface area contributed by atoms with Crippen molar-refractivity contribution in [2.75, 3.05) is 31.6 Å². The molecule has 20 heavy (non-hydrogen) atoms. The second-order valence-electron chi connectivity index (χ2n) is 5.35. The largest absolute Gasteiger partial charge is 0.378 e. The maximum atomic E-state index is 5.72. The van der Waals surface area contributed by atoms with Crippen molar-refractivity contribution in [3.8, 4) is 0 Å². The summed E-state index contributed by atoms with van der Waals surface area (Å²) in [7, 11) is 1.99. The van der Waals surface area contributed by atoms with Gasteiger partial charge in [0.15, 0.2) is 0 Å². The topological polar surface area (TPSA) is 37.4 Å². The van der Waals surface area contributed by atoms with E-state index in [0.717, 1.165) is 51.3 Å². The Morgan fingerprint density at radius 3 is 2.65 bits per heavy atom. The first-order valence-electron chi connectivity index (χ1n) is 7.77. The molecule has 1 aliphatic heterocycles. The summed E-state index contributed by atoms with van der Waals surface area (Å²) in [6.07, 6.45) is 3.63. The van der Waals surface area contributed by atoms with Crippen molar-refractivity contribution in [1.82, 2.24) is 10.3 Å². The number of aromatic nitrogens is 1. The number of piperidine rings is 1. The van der Waals surface area contributed by atoms with Crippen LogP contribution < -0.4 is 10.2 Å². The Balaban J connectivity index is 2.06. The zero-order chi connectivity index (χ0) is 14.4. The van der Waals surface area contributed by atoms with Gasteiger partial charge < -0.3 is 15.0 Å². The highest BCUT2D eigenvalue weighted by atomic mass is 16.5. The molecule has 0 aliphatic carbocycles. The molecule has 0 spiro atoms. The lowest BCUT2D eigenvalue weighted by atomic mass is 10.1. The molecule has 4 heteroatoms. The Morgan fingerprint density at radius 1 is 1.30 bits per heavy atom. The molecule has 0 bridgehead atoms. The Hall–Kier alpha value is -1.13. The third kappa shape index (κ3) is 3.93.